The molecular formula is C28H35N5O2. The van der Waals surface area contributed by atoms with E-state index in [-0.39, 0.29) is 24.0 Å². The van der Waals surface area contributed by atoms with Gasteiger partial charge in [0.25, 0.3) is 0 Å². The second kappa shape index (κ2) is 11.8. The van der Waals surface area contributed by atoms with Crippen molar-refractivity contribution in [3.05, 3.63) is 77.7 Å². The molecule has 0 spiro atoms. The largest absolute Gasteiger partial charge is 0.375 e. The second-order valence-electron chi connectivity index (χ2n) is 9.72. The monoisotopic (exact) mass is 473 g/mol. The zero-order valence-corrected chi connectivity index (χ0v) is 21.1. The van der Waals surface area contributed by atoms with Gasteiger partial charge in [0.1, 0.15) is 12.4 Å². The van der Waals surface area contributed by atoms with Crippen LogP contribution in [0.15, 0.2) is 60.8 Å². The summed E-state index contributed by atoms with van der Waals surface area (Å²) in [5.74, 6) is 0.698. The molecule has 184 valence electrons. The Hall–Kier alpha value is -3.47. The molecule has 3 rings (SSSR count). The van der Waals surface area contributed by atoms with Crippen LogP contribution in [0.4, 0.5) is 0 Å². The molecule has 1 heterocycles. The number of nitriles is 1. The maximum atomic E-state index is 13.2. The van der Waals surface area contributed by atoms with E-state index in [0.717, 1.165) is 22.6 Å². The van der Waals surface area contributed by atoms with E-state index in [0.29, 0.717) is 31.6 Å². The third-order valence-corrected chi connectivity index (χ3v) is 5.85. The van der Waals surface area contributed by atoms with Crippen molar-refractivity contribution in [3.63, 3.8) is 0 Å². The summed E-state index contributed by atoms with van der Waals surface area (Å²) in [4.78, 5) is 20.2. The van der Waals surface area contributed by atoms with Gasteiger partial charge in [-0.25, -0.2) is 4.98 Å². The van der Waals surface area contributed by atoms with Gasteiger partial charge in [0, 0.05) is 32.0 Å². The Morgan fingerprint density at radius 2 is 1.94 bits per heavy atom. The highest BCUT2D eigenvalue weighted by molar-refractivity contribution is 5.78. The minimum atomic E-state index is -0.316. The van der Waals surface area contributed by atoms with Crippen molar-refractivity contribution < 1.29 is 9.53 Å². The Labute approximate surface area is 208 Å². The number of aromatic nitrogens is 2. The van der Waals surface area contributed by atoms with Crippen LogP contribution in [-0.2, 0) is 16.1 Å². The summed E-state index contributed by atoms with van der Waals surface area (Å²) in [7, 11) is 1.53. The number of methoxy groups -OCH3 is 1. The van der Waals surface area contributed by atoms with E-state index >= 15 is 0 Å². The molecule has 0 unspecified atom stereocenters. The Balaban J connectivity index is 2.16. The van der Waals surface area contributed by atoms with Crippen LogP contribution < -0.4 is 5.73 Å². The number of carbonyl (C=O) groups excluding carboxylic acids is 1. The van der Waals surface area contributed by atoms with Crippen molar-refractivity contribution in [1.82, 2.24) is 14.5 Å². The normalized spacial score (nSPS) is 12.2. The highest BCUT2D eigenvalue weighted by atomic mass is 16.5. The molecule has 7 heteroatoms. The highest BCUT2D eigenvalue weighted by Gasteiger charge is 2.38. The van der Waals surface area contributed by atoms with Crippen molar-refractivity contribution in [3.8, 4) is 17.3 Å². The van der Waals surface area contributed by atoms with Crippen LogP contribution >= 0.6 is 0 Å². The first-order valence-corrected chi connectivity index (χ1v) is 11.9. The first-order chi connectivity index (χ1) is 16.8. The van der Waals surface area contributed by atoms with Crippen LogP contribution in [-0.4, -0.2) is 47.2 Å². The van der Waals surface area contributed by atoms with Crippen molar-refractivity contribution in [2.75, 3.05) is 26.8 Å². The molecule has 1 atom stereocenters. The number of rotatable bonds is 10. The lowest BCUT2D eigenvalue weighted by Crippen LogP contribution is -2.45. The van der Waals surface area contributed by atoms with Gasteiger partial charge in [0.05, 0.1) is 23.4 Å². The maximum absolute atomic E-state index is 13.2. The number of nitrogens with two attached hydrogens (primary N) is 1. The Kier molecular flexibility index (Phi) is 8.80. The number of hydrogen-bond acceptors (Lipinski definition) is 5. The first kappa shape index (κ1) is 26.1. The van der Waals surface area contributed by atoms with E-state index in [9.17, 15) is 10.1 Å². The molecule has 7 nitrogen and oxygen atoms in total. The number of amides is 1. The highest BCUT2D eigenvalue weighted by Crippen LogP contribution is 2.39. The van der Waals surface area contributed by atoms with Crippen LogP contribution in [0.5, 0.6) is 0 Å². The summed E-state index contributed by atoms with van der Waals surface area (Å²) in [5, 5.41) is 9.36. The summed E-state index contributed by atoms with van der Waals surface area (Å²) >= 11 is 0. The zero-order chi connectivity index (χ0) is 25.4. The summed E-state index contributed by atoms with van der Waals surface area (Å²) in [6.45, 7) is 7.87. The van der Waals surface area contributed by atoms with Gasteiger partial charge in [-0.2, -0.15) is 5.26 Å². The lowest BCUT2D eigenvalue weighted by atomic mass is 9.84. The molecule has 35 heavy (non-hydrogen) atoms. The van der Waals surface area contributed by atoms with Crippen LogP contribution in [0.3, 0.4) is 0 Å². The summed E-state index contributed by atoms with van der Waals surface area (Å²) in [6, 6.07) is 19.5. The predicted octanol–water partition coefficient (Wildman–Crippen LogP) is 4.38. The van der Waals surface area contributed by atoms with Gasteiger partial charge in [-0.3, -0.25) is 4.79 Å². The number of benzene rings is 2. The first-order valence-electron chi connectivity index (χ1n) is 11.9. The van der Waals surface area contributed by atoms with Crippen LogP contribution in [0.25, 0.3) is 11.3 Å². The third kappa shape index (κ3) is 6.56. The lowest BCUT2D eigenvalue weighted by molar-refractivity contribution is -0.140. The Morgan fingerprint density at radius 3 is 2.57 bits per heavy atom. The minimum Gasteiger partial charge on any atom is -0.375 e. The average molecular weight is 474 g/mol. The van der Waals surface area contributed by atoms with Gasteiger partial charge >= 0.3 is 0 Å². The van der Waals surface area contributed by atoms with Crippen LogP contribution in [0.1, 0.15) is 50.2 Å². The number of hydrogen-bond donors (Lipinski definition) is 1. The van der Waals surface area contributed by atoms with Gasteiger partial charge in [0.15, 0.2) is 0 Å². The van der Waals surface area contributed by atoms with Crippen molar-refractivity contribution >= 4 is 5.91 Å². The van der Waals surface area contributed by atoms with Gasteiger partial charge < -0.3 is 19.9 Å². The van der Waals surface area contributed by atoms with Crippen LogP contribution in [0.2, 0.25) is 0 Å². The van der Waals surface area contributed by atoms with Crippen LogP contribution in [0, 0.1) is 16.7 Å². The predicted molar refractivity (Wildman–Crippen MR) is 137 cm³/mol. The molecule has 1 amide bonds. The Morgan fingerprint density at radius 1 is 1.20 bits per heavy atom. The molecule has 0 aliphatic rings. The molecule has 1 aromatic heterocycles. The average Bonchev–Trinajstić information content (AvgIpc) is 3.24. The van der Waals surface area contributed by atoms with E-state index in [1.54, 1.807) is 6.07 Å². The van der Waals surface area contributed by atoms with Gasteiger partial charge in [-0.15, -0.1) is 0 Å². The Bertz CT molecular complexity index is 1160. The standard InChI is InChI=1S/C28H35N5O2/c1-28(2,3)26(33(15-9-14-29)25(34)20-35-4)27-31-24(23-12-6-5-7-13-23)19-32(27)18-22-11-8-10-21(16-22)17-30/h5-8,10-13,16,19,26H,9,14-15,18,20,29H2,1-4H3/t26-/m0/s1. The fourth-order valence-electron chi connectivity index (χ4n) is 4.32. The minimum absolute atomic E-state index is 0.00633. The SMILES string of the molecule is COCC(=O)N(CCCN)[C@@H](c1nc(-c2ccccc2)cn1Cc1cccc(C#N)c1)C(C)(C)C. The molecule has 3 aromatic rings. The fraction of sp³-hybridized carbons (Fsp3) is 0.393. The van der Waals surface area contributed by atoms with Crippen molar-refractivity contribution in [2.24, 2.45) is 11.1 Å². The van der Waals surface area contributed by atoms with Gasteiger partial charge in [0.2, 0.25) is 5.91 Å². The van der Waals surface area contributed by atoms with Crippen molar-refractivity contribution in [2.45, 2.75) is 39.8 Å². The summed E-state index contributed by atoms with van der Waals surface area (Å²) < 4.78 is 7.31. The number of carbonyl (C=O) groups is 1. The fourth-order valence-corrected chi connectivity index (χ4v) is 4.32. The maximum Gasteiger partial charge on any atom is 0.249 e. The zero-order valence-electron chi connectivity index (χ0n) is 21.1. The molecule has 0 fully saturated rings. The second-order valence-corrected chi connectivity index (χ2v) is 9.72. The van der Waals surface area contributed by atoms with E-state index < -0.39 is 0 Å². The molecule has 0 saturated carbocycles. The number of ether oxygens (including phenoxy) is 1. The number of nitrogens with zero attached hydrogens (tertiary/aromatic N) is 4. The summed E-state index contributed by atoms with van der Waals surface area (Å²) in [6.07, 6.45) is 2.71. The molecule has 0 aliphatic carbocycles. The molecule has 0 radical (unpaired) electrons. The smallest absolute Gasteiger partial charge is 0.249 e. The van der Waals surface area contributed by atoms with E-state index in [1.165, 1.54) is 7.11 Å². The molecule has 2 aromatic carbocycles. The molecule has 0 aliphatic heterocycles. The lowest BCUT2D eigenvalue weighted by Gasteiger charge is -2.40. The number of imidazole rings is 1. The topological polar surface area (TPSA) is 97.2 Å². The summed E-state index contributed by atoms with van der Waals surface area (Å²) in [5.41, 5.74) is 8.95. The third-order valence-electron chi connectivity index (χ3n) is 5.85. The van der Waals surface area contributed by atoms with Gasteiger partial charge in [-0.05, 0) is 36.1 Å². The molecule has 2 N–H and O–H groups in total. The van der Waals surface area contributed by atoms with Crippen molar-refractivity contribution in [1.29, 1.82) is 5.26 Å². The van der Waals surface area contributed by atoms with E-state index in [2.05, 4.69) is 31.4 Å². The molecule has 0 bridgehead atoms. The van der Waals surface area contributed by atoms with E-state index in [1.807, 2.05) is 59.6 Å². The van der Waals surface area contributed by atoms with E-state index in [4.69, 9.17) is 15.5 Å². The molecular weight excluding hydrogens is 438 g/mol. The van der Waals surface area contributed by atoms with Gasteiger partial charge in [-0.1, -0.05) is 63.2 Å². The molecule has 0 saturated heterocycles. The quantitative estimate of drug-likeness (QED) is 0.471.